The van der Waals surface area contributed by atoms with Gasteiger partial charge < -0.3 is 25.6 Å². The van der Waals surface area contributed by atoms with Crippen LogP contribution in [0.25, 0.3) is 0 Å². The molecule has 190 valence electrons. The lowest BCUT2D eigenvalue weighted by Gasteiger charge is -2.32. The van der Waals surface area contributed by atoms with Crippen molar-refractivity contribution in [2.24, 2.45) is 5.92 Å². The first-order valence-corrected chi connectivity index (χ1v) is 10.2. The van der Waals surface area contributed by atoms with Crippen LogP contribution in [0.5, 0.6) is 5.75 Å². The molecule has 13 heteroatoms. The molecule has 1 aromatic carbocycles. The number of carbonyl (C=O) groups is 2. The first-order valence-electron chi connectivity index (χ1n) is 10.2. The maximum absolute atomic E-state index is 14.4. The van der Waals surface area contributed by atoms with Crippen molar-refractivity contribution in [1.29, 1.82) is 0 Å². The van der Waals surface area contributed by atoms with Crippen molar-refractivity contribution in [1.82, 2.24) is 4.98 Å². The average molecular weight is 503 g/mol. The summed E-state index contributed by atoms with van der Waals surface area (Å²) in [6, 6.07) is 1.75. The van der Waals surface area contributed by atoms with E-state index in [0.29, 0.717) is 6.07 Å². The van der Waals surface area contributed by atoms with Gasteiger partial charge in [0.05, 0.1) is 24.7 Å². The Balaban J connectivity index is 2.10. The molecule has 0 spiro atoms. The van der Waals surface area contributed by atoms with Crippen LogP contribution >= 0.6 is 0 Å². The number of nitrogens with two attached hydrogens (primary N) is 1. The number of halogens is 5. The number of rotatable bonds is 5. The number of pyridine rings is 1. The summed E-state index contributed by atoms with van der Waals surface area (Å²) in [7, 11) is 1.01. The fourth-order valence-corrected chi connectivity index (χ4v) is 4.18. The fraction of sp³-hybridized carbons (Fsp3) is 0.409. The van der Waals surface area contributed by atoms with Crippen molar-refractivity contribution >= 4 is 23.3 Å². The van der Waals surface area contributed by atoms with E-state index in [1.54, 1.807) is 0 Å². The van der Waals surface area contributed by atoms with E-state index >= 15 is 0 Å². The van der Waals surface area contributed by atoms with Crippen LogP contribution in [0.1, 0.15) is 41.4 Å². The highest BCUT2D eigenvalue weighted by Gasteiger charge is 2.66. The van der Waals surface area contributed by atoms with Crippen molar-refractivity contribution in [2.45, 2.75) is 44.6 Å². The molecule has 2 aromatic rings. The maximum Gasteiger partial charge on any atom is 0.417 e. The molecule has 0 saturated carbocycles. The third kappa shape index (κ3) is 4.24. The molecule has 1 saturated heterocycles. The Labute approximate surface area is 196 Å². The van der Waals surface area contributed by atoms with Crippen molar-refractivity contribution < 1.29 is 46.1 Å². The van der Waals surface area contributed by atoms with Crippen LogP contribution in [0, 0.1) is 24.5 Å². The molecular weight excluding hydrogens is 481 g/mol. The minimum absolute atomic E-state index is 0.0231. The van der Waals surface area contributed by atoms with E-state index in [1.807, 2.05) is 0 Å². The largest absolute Gasteiger partial charge is 0.493 e. The summed E-state index contributed by atoms with van der Waals surface area (Å²) in [4.78, 5) is 28.1. The highest BCUT2D eigenvalue weighted by molar-refractivity contribution is 5.99. The minimum Gasteiger partial charge on any atom is -0.493 e. The number of nitrogens with zero attached hydrogens (tertiary/aromatic N) is 1. The monoisotopic (exact) mass is 503 g/mol. The number of amides is 1. The zero-order valence-corrected chi connectivity index (χ0v) is 19.0. The zero-order valence-electron chi connectivity index (χ0n) is 19.0. The Kier molecular flexibility index (Phi) is 6.68. The molecule has 1 fully saturated rings. The van der Waals surface area contributed by atoms with Gasteiger partial charge in [0.1, 0.15) is 6.10 Å². The van der Waals surface area contributed by atoms with E-state index in [9.17, 15) is 31.5 Å². The summed E-state index contributed by atoms with van der Waals surface area (Å²) in [6.07, 6.45) is -5.82. The predicted octanol–water partition coefficient (Wildman–Crippen LogP) is 4.04. The highest BCUT2D eigenvalue weighted by atomic mass is 19.4. The third-order valence-corrected chi connectivity index (χ3v) is 6.40. The van der Waals surface area contributed by atoms with Gasteiger partial charge in [0.25, 0.3) is 5.91 Å². The van der Waals surface area contributed by atoms with Crippen LogP contribution in [-0.2, 0) is 9.53 Å². The number of hydrogen-bond donors (Lipinski definition) is 3. The summed E-state index contributed by atoms with van der Waals surface area (Å²) >= 11 is 0. The first kappa shape index (κ1) is 26.1. The molecule has 2 heterocycles. The Morgan fingerprint density at radius 1 is 1.29 bits per heavy atom. The third-order valence-electron chi connectivity index (χ3n) is 6.40. The number of hydrogen-bond acceptors (Lipinski definition) is 6. The van der Waals surface area contributed by atoms with Crippen molar-refractivity contribution in [3.8, 4) is 5.75 Å². The zero-order chi connectivity index (χ0) is 26.5. The molecule has 1 aliphatic rings. The number of carbonyl (C=O) groups excluding carboxylic acids is 1. The van der Waals surface area contributed by atoms with Gasteiger partial charge in [-0.15, -0.1) is 0 Å². The number of nitrogens with one attached hydrogen (secondary N) is 1. The second-order valence-corrected chi connectivity index (χ2v) is 8.30. The van der Waals surface area contributed by atoms with Gasteiger partial charge in [0.15, 0.2) is 22.9 Å². The van der Waals surface area contributed by atoms with E-state index in [2.05, 4.69) is 10.3 Å². The lowest BCUT2D eigenvalue weighted by atomic mass is 9.77. The Bertz CT molecular complexity index is 1190. The summed E-state index contributed by atoms with van der Waals surface area (Å²) in [5, 5.41) is 11.5. The quantitative estimate of drug-likeness (QED) is 0.527. The normalized spacial score (nSPS) is 24.3. The lowest BCUT2D eigenvalue weighted by Crippen LogP contribution is -2.47. The maximum atomic E-state index is 14.4. The van der Waals surface area contributed by atoms with Gasteiger partial charge in [-0.3, -0.25) is 4.79 Å². The lowest BCUT2D eigenvalue weighted by molar-refractivity contribution is -0.272. The van der Waals surface area contributed by atoms with Crippen LogP contribution in [0.3, 0.4) is 0 Å². The minimum atomic E-state index is -4.92. The average Bonchev–Trinajstić information content (AvgIpc) is 3.05. The summed E-state index contributed by atoms with van der Waals surface area (Å²) in [5.41, 5.74) is 2.18. The molecule has 0 bridgehead atoms. The predicted molar refractivity (Wildman–Crippen MR) is 113 cm³/mol. The standard InChI is InChI=1S/C22H22F5N3O5/c1-8-15(28)12(7-29-16(8)20(32)33)30-19(31)18-13(9(2)21(3,35-18)22(25,26)27)10-5-6-11(23)14(24)17(10)34-4/h5-7,9,13,18H,1-4H3,(H2,28,29)(H,30,31)(H,32,33)/t9-,13-,18+,21+/m0/s1. The molecular formula is C22H22F5N3O5. The van der Waals surface area contributed by atoms with E-state index in [4.69, 9.17) is 20.3 Å². The number of methoxy groups -OCH3 is 1. The van der Waals surface area contributed by atoms with E-state index in [1.165, 1.54) is 13.8 Å². The number of aromatic nitrogens is 1. The number of carboxylic acids is 1. The molecule has 0 aliphatic carbocycles. The molecule has 1 aliphatic heterocycles. The number of carboxylic acid groups (broad SMARTS) is 1. The molecule has 4 atom stereocenters. The van der Waals surface area contributed by atoms with Gasteiger partial charge in [-0.2, -0.15) is 17.6 Å². The van der Waals surface area contributed by atoms with Crippen LogP contribution in [-0.4, -0.2) is 47.0 Å². The Morgan fingerprint density at radius 2 is 1.91 bits per heavy atom. The number of anilines is 2. The fourth-order valence-electron chi connectivity index (χ4n) is 4.18. The number of nitrogen functional groups attached to an aromatic ring is 1. The van der Waals surface area contributed by atoms with Gasteiger partial charge >= 0.3 is 12.1 Å². The molecule has 1 amide bonds. The molecule has 8 nitrogen and oxygen atoms in total. The van der Waals surface area contributed by atoms with Gasteiger partial charge in [-0.05, 0) is 19.9 Å². The van der Waals surface area contributed by atoms with Gasteiger partial charge in [0, 0.05) is 23.0 Å². The number of alkyl halides is 3. The summed E-state index contributed by atoms with van der Waals surface area (Å²) in [5.74, 6) is -8.68. The number of ether oxygens (including phenoxy) is 2. The Hall–Kier alpha value is -3.48. The highest BCUT2D eigenvalue weighted by Crippen LogP contribution is 2.55. The van der Waals surface area contributed by atoms with Crippen molar-refractivity contribution in [3.05, 3.63) is 46.8 Å². The smallest absolute Gasteiger partial charge is 0.417 e. The van der Waals surface area contributed by atoms with Crippen LogP contribution in [0.15, 0.2) is 18.3 Å². The van der Waals surface area contributed by atoms with Crippen molar-refractivity contribution in [3.63, 3.8) is 0 Å². The van der Waals surface area contributed by atoms with E-state index in [0.717, 1.165) is 26.3 Å². The summed E-state index contributed by atoms with van der Waals surface area (Å²) in [6.45, 7) is 3.27. The van der Waals surface area contributed by atoms with E-state index in [-0.39, 0.29) is 28.2 Å². The molecule has 4 N–H and O–H groups in total. The molecule has 3 rings (SSSR count). The molecule has 0 radical (unpaired) electrons. The van der Waals surface area contributed by atoms with Crippen LogP contribution < -0.4 is 15.8 Å². The SMILES string of the molecule is COc1c([C@H]2[C@H](C(=O)Nc3cnc(C(=O)O)c(C)c3N)O[C@@](C)(C(F)(F)F)[C@H]2C)ccc(F)c1F. The van der Waals surface area contributed by atoms with Gasteiger partial charge in [-0.1, -0.05) is 13.0 Å². The second-order valence-electron chi connectivity index (χ2n) is 8.30. The van der Waals surface area contributed by atoms with Gasteiger partial charge in [-0.25, -0.2) is 14.2 Å². The van der Waals surface area contributed by atoms with E-state index < -0.39 is 59.0 Å². The van der Waals surface area contributed by atoms with Crippen LogP contribution in [0.2, 0.25) is 0 Å². The van der Waals surface area contributed by atoms with Crippen LogP contribution in [0.4, 0.5) is 33.3 Å². The van der Waals surface area contributed by atoms with Crippen molar-refractivity contribution in [2.75, 3.05) is 18.2 Å². The molecule has 35 heavy (non-hydrogen) atoms. The first-order chi connectivity index (χ1) is 16.2. The molecule has 0 unspecified atom stereocenters. The number of benzene rings is 1. The topological polar surface area (TPSA) is 124 Å². The number of aromatic carboxylic acids is 1. The molecule has 1 aromatic heterocycles. The van der Waals surface area contributed by atoms with Gasteiger partial charge in [0.2, 0.25) is 5.82 Å². The second kappa shape index (κ2) is 8.95. The Morgan fingerprint density at radius 3 is 2.46 bits per heavy atom. The summed E-state index contributed by atoms with van der Waals surface area (Å²) < 4.78 is 80.4.